The minimum absolute atomic E-state index is 0.127. The van der Waals surface area contributed by atoms with E-state index in [9.17, 15) is 4.79 Å². The van der Waals surface area contributed by atoms with Crippen molar-refractivity contribution in [2.45, 2.75) is 52.1 Å². The number of esters is 1. The molecule has 0 rings (SSSR count). The molecular weight excluding hydrogens is 331 g/mol. The Hall–Kier alpha value is -0.390. The number of hydrogen-bond donors (Lipinski definition) is 0. The van der Waals surface area contributed by atoms with Crippen molar-refractivity contribution in [1.29, 1.82) is 0 Å². The summed E-state index contributed by atoms with van der Waals surface area (Å²) in [6, 6.07) is 0. The van der Waals surface area contributed by atoms with Gasteiger partial charge in [-0.1, -0.05) is 48.9 Å². The second-order valence-corrected chi connectivity index (χ2v) is 4.94. The number of rotatable bonds is 7. The lowest BCUT2D eigenvalue weighted by molar-refractivity contribution is -0.152. The van der Waals surface area contributed by atoms with Crippen LogP contribution >= 0.6 is 22.6 Å². The highest BCUT2D eigenvalue weighted by molar-refractivity contribution is 14.1. The molecule has 0 aliphatic heterocycles. The SMILES string of the molecule is C=CC(C)(C)OC(=O)CCCCC.O=CCI. The fourth-order valence-corrected chi connectivity index (χ4v) is 0.905. The van der Waals surface area contributed by atoms with E-state index < -0.39 is 5.60 Å². The first-order chi connectivity index (χ1) is 7.93. The molecule has 0 saturated carbocycles. The van der Waals surface area contributed by atoms with Gasteiger partial charge in [0, 0.05) is 6.42 Å². The minimum Gasteiger partial charge on any atom is -0.455 e. The minimum atomic E-state index is -0.525. The second-order valence-electron chi connectivity index (χ2n) is 4.06. The van der Waals surface area contributed by atoms with Crippen LogP contribution in [0.3, 0.4) is 0 Å². The summed E-state index contributed by atoms with van der Waals surface area (Å²) in [7, 11) is 0. The summed E-state index contributed by atoms with van der Waals surface area (Å²) in [5.74, 6) is -0.127. The van der Waals surface area contributed by atoms with Gasteiger partial charge in [0.2, 0.25) is 0 Å². The van der Waals surface area contributed by atoms with Crippen molar-refractivity contribution in [3.63, 3.8) is 0 Å². The predicted octanol–water partition coefficient (Wildman–Crippen LogP) is 3.69. The lowest BCUT2D eigenvalue weighted by Crippen LogP contribution is -2.24. The number of hydrogen-bond acceptors (Lipinski definition) is 3. The van der Waals surface area contributed by atoms with Crippen molar-refractivity contribution >= 4 is 34.8 Å². The van der Waals surface area contributed by atoms with Crippen LogP contribution in [0.15, 0.2) is 12.7 Å². The number of carbonyl (C=O) groups excluding carboxylic acids is 2. The normalized spacial score (nSPS) is 9.88. The lowest BCUT2D eigenvalue weighted by Gasteiger charge is -2.20. The Bertz CT molecular complexity index is 225. The molecule has 0 heterocycles. The summed E-state index contributed by atoms with van der Waals surface area (Å²) >= 11 is 1.98. The van der Waals surface area contributed by atoms with Gasteiger partial charge in [-0.05, 0) is 26.3 Å². The fraction of sp³-hybridized carbons (Fsp3) is 0.692. The van der Waals surface area contributed by atoms with Gasteiger partial charge in [0.15, 0.2) is 0 Å². The summed E-state index contributed by atoms with van der Waals surface area (Å²) in [6.07, 6.45) is 6.15. The van der Waals surface area contributed by atoms with Crippen LogP contribution in [-0.2, 0) is 14.3 Å². The van der Waals surface area contributed by atoms with Gasteiger partial charge in [-0.25, -0.2) is 0 Å². The number of halogens is 1. The Morgan fingerprint density at radius 3 is 2.29 bits per heavy atom. The largest absolute Gasteiger partial charge is 0.455 e. The zero-order chi connectivity index (χ0) is 13.7. The van der Waals surface area contributed by atoms with Crippen LogP contribution in [0.1, 0.15) is 46.5 Å². The third-order valence-corrected chi connectivity index (χ3v) is 2.28. The Kier molecular flexibility index (Phi) is 13.5. The molecule has 0 N–H and O–H groups in total. The monoisotopic (exact) mass is 354 g/mol. The Balaban J connectivity index is 0. The second kappa shape index (κ2) is 12.1. The summed E-state index contributed by atoms with van der Waals surface area (Å²) < 4.78 is 5.79. The average molecular weight is 354 g/mol. The van der Waals surface area contributed by atoms with Crippen molar-refractivity contribution < 1.29 is 14.3 Å². The molecule has 0 saturated heterocycles. The Morgan fingerprint density at radius 1 is 1.41 bits per heavy atom. The van der Waals surface area contributed by atoms with Gasteiger partial charge in [0.05, 0.1) is 4.43 Å². The van der Waals surface area contributed by atoms with Crippen LogP contribution in [0, 0.1) is 0 Å². The van der Waals surface area contributed by atoms with Crippen LogP contribution in [0.25, 0.3) is 0 Å². The van der Waals surface area contributed by atoms with E-state index in [1.54, 1.807) is 6.08 Å². The van der Waals surface area contributed by atoms with Crippen molar-refractivity contribution in [3.05, 3.63) is 12.7 Å². The quantitative estimate of drug-likeness (QED) is 0.175. The molecule has 3 nitrogen and oxygen atoms in total. The molecule has 0 aliphatic carbocycles. The molecule has 0 radical (unpaired) electrons. The van der Waals surface area contributed by atoms with Crippen LogP contribution < -0.4 is 0 Å². The van der Waals surface area contributed by atoms with Crippen LogP contribution in [0.5, 0.6) is 0 Å². The molecular formula is C13H23IO3. The van der Waals surface area contributed by atoms with Gasteiger partial charge in [-0.3, -0.25) is 4.79 Å². The van der Waals surface area contributed by atoms with E-state index in [4.69, 9.17) is 9.53 Å². The molecule has 0 aromatic heterocycles. The van der Waals surface area contributed by atoms with Crippen molar-refractivity contribution in [2.75, 3.05) is 4.43 Å². The zero-order valence-electron chi connectivity index (χ0n) is 11.0. The first-order valence-electron chi connectivity index (χ1n) is 5.78. The maximum absolute atomic E-state index is 11.2. The van der Waals surface area contributed by atoms with Crippen molar-refractivity contribution in [3.8, 4) is 0 Å². The third-order valence-electron chi connectivity index (χ3n) is 1.92. The van der Waals surface area contributed by atoms with Crippen LogP contribution in [0.4, 0.5) is 0 Å². The summed E-state index contributed by atoms with van der Waals surface area (Å²) in [4.78, 5) is 20.4. The topological polar surface area (TPSA) is 43.4 Å². The van der Waals surface area contributed by atoms with E-state index in [1.165, 1.54) is 0 Å². The molecule has 0 aliphatic rings. The molecule has 0 unspecified atom stereocenters. The fourth-order valence-electron chi connectivity index (χ4n) is 0.905. The molecule has 4 heteroatoms. The standard InChI is InChI=1S/C11H20O2.C2H3IO/c1-5-7-8-9-10(12)13-11(3,4)6-2;3-1-2-4/h6H,2,5,7-9H2,1,3-4H3;2H,1H2. The number of alkyl halides is 1. The van der Waals surface area contributed by atoms with E-state index in [0.717, 1.165) is 25.5 Å². The smallest absolute Gasteiger partial charge is 0.306 e. The van der Waals surface area contributed by atoms with E-state index >= 15 is 0 Å². The molecule has 0 amide bonds. The molecule has 0 fully saturated rings. The van der Waals surface area contributed by atoms with E-state index in [-0.39, 0.29) is 5.97 Å². The number of aldehydes is 1. The van der Waals surface area contributed by atoms with Crippen molar-refractivity contribution in [2.24, 2.45) is 0 Å². The first kappa shape index (κ1) is 19.0. The third kappa shape index (κ3) is 15.6. The number of ether oxygens (including phenoxy) is 1. The predicted molar refractivity (Wildman–Crippen MR) is 79.5 cm³/mol. The van der Waals surface area contributed by atoms with Crippen LogP contribution in [-0.4, -0.2) is 22.3 Å². The van der Waals surface area contributed by atoms with Crippen LogP contribution in [0.2, 0.25) is 0 Å². The maximum Gasteiger partial charge on any atom is 0.306 e. The maximum atomic E-state index is 11.2. The van der Waals surface area contributed by atoms with Gasteiger partial charge >= 0.3 is 5.97 Å². The first-order valence-corrected chi connectivity index (χ1v) is 7.31. The van der Waals surface area contributed by atoms with E-state index in [2.05, 4.69) is 13.5 Å². The van der Waals surface area contributed by atoms with E-state index in [1.807, 2.05) is 36.4 Å². The molecule has 0 atom stereocenters. The molecule has 0 aromatic carbocycles. The van der Waals surface area contributed by atoms with Gasteiger partial charge in [-0.15, -0.1) is 0 Å². The zero-order valence-corrected chi connectivity index (χ0v) is 13.2. The van der Waals surface area contributed by atoms with Gasteiger partial charge in [0.1, 0.15) is 11.9 Å². The Morgan fingerprint density at radius 2 is 1.94 bits per heavy atom. The Labute approximate surface area is 118 Å². The highest BCUT2D eigenvalue weighted by Crippen LogP contribution is 2.12. The molecule has 100 valence electrons. The summed E-state index contributed by atoms with van der Waals surface area (Å²) in [5.41, 5.74) is -0.525. The number of carbonyl (C=O) groups is 2. The van der Waals surface area contributed by atoms with Crippen molar-refractivity contribution in [1.82, 2.24) is 0 Å². The summed E-state index contributed by atoms with van der Waals surface area (Å²) in [5, 5.41) is 0. The lowest BCUT2D eigenvalue weighted by atomic mass is 10.1. The van der Waals surface area contributed by atoms with Gasteiger partial charge in [-0.2, -0.15) is 0 Å². The highest BCUT2D eigenvalue weighted by Gasteiger charge is 2.17. The highest BCUT2D eigenvalue weighted by atomic mass is 127. The number of unbranched alkanes of at least 4 members (excludes halogenated alkanes) is 2. The summed E-state index contributed by atoms with van der Waals surface area (Å²) in [6.45, 7) is 9.38. The average Bonchev–Trinajstić information content (AvgIpc) is 2.29. The van der Waals surface area contributed by atoms with Gasteiger partial charge in [0.25, 0.3) is 0 Å². The van der Waals surface area contributed by atoms with E-state index in [0.29, 0.717) is 10.8 Å². The van der Waals surface area contributed by atoms with Gasteiger partial charge < -0.3 is 9.53 Å². The molecule has 0 spiro atoms. The molecule has 17 heavy (non-hydrogen) atoms. The molecule has 0 aromatic rings. The molecule has 0 bridgehead atoms.